The molecule has 0 aliphatic rings. The van der Waals surface area contributed by atoms with Crippen molar-refractivity contribution in [3.05, 3.63) is 12.1 Å². The first kappa shape index (κ1) is 16.1. The van der Waals surface area contributed by atoms with Crippen molar-refractivity contribution in [2.45, 2.75) is 4.90 Å². The second-order valence-electron chi connectivity index (χ2n) is 4.86. The molecule has 0 aliphatic carbocycles. The average Bonchev–Trinajstić information content (AvgIpc) is 2.92. The molecular weight excluding hydrogens is 310 g/mol. The predicted molar refractivity (Wildman–Crippen MR) is 85.5 cm³/mol. The number of benzene rings is 1. The smallest absolute Gasteiger partial charge is 0.244 e. The van der Waals surface area contributed by atoms with E-state index >= 15 is 0 Å². The molecule has 2 aromatic rings. The van der Waals surface area contributed by atoms with Gasteiger partial charge in [0.25, 0.3) is 0 Å². The monoisotopic (exact) mass is 329 g/mol. The van der Waals surface area contributed by atoms with Gasteiger partial charge >= 0.3 is 0 Å². The molecule has 7 nitrogen and oxygen atoms in total. The highest BCUT2D eigenvalue weighted by Gasteiger charge is 2.24. The molecule has 116 valence electrons. The predicted octanol–water partition coefficient (Wildman–Crippen LogP) is 0.597. The van der Waals surface area contributed by atoms with Gasteiger partial charge in [0.05, 0.1) is 17.4 Å². The summed E-state index contributed by atoms with van der Waals surface area (Å²) in [7, 11) is 3.33. The van der Waals surface area contributed by atoms with Gasteiger partial charge in [-0.15, -0.1) is 0 Å². The number of nitrogens with zero attached hydrogens (tertiary/aromatic N) is 4. The molecule has 0 atom stereocenters. The lowest BCUT2D eigenvalue weighted by Crippen LogP contribution is -2.27. The van der Waals surface area contributed by atoms with Crippen LogP contribution in [0.15, 0.2) is 17.0 Å². The van der Waals surface area contributed by atoms with Gasteiger partial charge in [0.15, 0.2) is 0 Å². The lowest BCUT2D eigenvalue weighted by molar-refractivity contribution is 0.521. The Morgan fingerprint density at radius 1 is 1.19 bits per heavy atom. The molecule has 0 saturated heterocycles. The summed E-state index contributed by atoms with van der Waals surface area (Å²) in [6.07, 6.45) is 0. The third-order valence-electron chi connectivity index (χ3n) is 3.22. The molecular formula is C12H19N5O2S2. The lowest BCUT2D eigenvalue weighted by atomic mass is 10.2. The fraction of sp³-hybridized carbons (Fsp3) is 0.500. The van der Waals surface area contributed by atoms with Crippen LogP contribution in [0.5, 0.6) is 0 Å². The Morgan fingerprint density at radius 2 is 1.86 bits per heavy atom. The first-order chi connectivity index (χ1) is 9.89. The second kappa shape index (κ2) is 6.22. The Morgan fingerprint density at radius 3 is 2.48 bits per heavy atom. The third-order valence-corrected chi connectivity index (χ3v) is 5.60. The van der Waals surface area contributed by atoms with Crippen molar-refractivity contribution in [3.8, 4) is 0 Å². The molecule has 0 radical (unpaired) electrons. The van der Waals surface area contributed by atoms with Crippen molar-refractivity contribution < 1.29 is 8.42 Å². The molecule has 0 amide bonds. The Balaban J connectivity index is 2.54. The van der Waals surface area contributed by atoms with E-state index in [1.54, 1.807) is 12.1 Å². The lowest BCUT2D eigenvalue weighted by Gasteiger charge is -2.20. The minimum atomic E-state index is -3.53. The van der Waals surface area contributed by atoms with Crippen molar-refractivity contribution in [3.63, 3.8) is 0 Å². The Hall–Kier alpha value is -1.29. The number of aromatic nitrogens is 2. The van der Waals surface area contributed by atoms with Gasteiger partial charge in [-0.25, -0.2) is 12.7 Å². The summed E-state index contributed by atoms with van der Waals surface area (Å²) in [6, 6.07) is 3.39. The summed E-state index contributed by atoms with van der Waals surface area (Å²) in [4.78, 5) is 2.23. The van der Waals surface area contributed by atoms with Crippen LogP contribution in [0.25, 0.3) is 11.0 Å². The van der Waals surface area contributed by atoms with Gasteiger partial charge in [0.2, 0.25) is 10.0 Å². The molecule has 1 heterocycles. The standard InChI is InChI=1S/C12H19N5O2S2/c1-13-7-8-17(4)9-5-6-10(21(18,19)16(2)3)12-11(9)14-20-15-12/h5-6,13H,7-8H2,1-4H3. The van der Waals surface area contributed by atoms with Gasteiger partial charge in [-0.1, -0.05) is 0 Å². The van der Waals surface area contributed by atoms with E-state index in [9.17, 15) is 8.42 Å². The zero-order chi connectivity index (χ0) is 15.6. The number of rotatable bonds is 6. The van der Waals surface area contributed by atoms with Crippen molar-refractivity contribution in [2.75, 3.05) is 46.2 Å². The minimum absolute atomic E-state index is 0.196. The molecule has 0 aliphatic heterocycles. The molecule has 0 saturated carbocycles. The highest BCUT2D eigenvalue weighted by Crippen LogP contribution is 2.30. The van der Waals surface area contributed by atoms with E-state index in [1.165, 1.54) is 18.4 Å². The maximum Gasteiger partial charge on any atom is 0.244 e. The summed E-state index contributed by atoms with van der Waals surface area (Å²) in [6.45, 7) is 1.62. The highest BCUT2D eigenvalue weighted by atomic mass is 32.2. The van der Waals surface area contributed by atoms with Crippen LogP contribution in [0.1, 0.15) is 0 Å². The average molecular weight is 329 g/mol. The number of nitrogens with one attached hydrogen (secondary N) is 1. The zero-order valence-electron chi connectivity index (χ0n) is 12.5. The van der Waals surface area contributed by atoms with Crippen LogP contribution < -0.4 is 10.2 Å². The SMILES string of the molecule is CNCCN(C)c1ccc(S(=O)(=O)N(C)C)c2nsnc12. The largest absolute Gasteiger partial charge is 0.371 e. The maximum atomic E-state index is 12.3. The van der Waals surface area contributed by atoms with Crippen molar-refractivity contribution in [1.82, 2.24) is 18.4 Å². The summed E-state index contributed by atoms with van der Waals surface area (Å²) >= 11 is 1.03. The Labute approximate surface area is 128 Å². The molecule has 0 unspecified atom stereocenters. The van der Waals surface area contributed by atoms with Gasteiger partial charge in [0, 0.05) is 34.2 Å². The van der Waals surface area contributed by atoms with Gasteiger partial charge in [0.1, 0.15) is 15.9 Å². The third kappa shape index (κ3) is 3.00. The van der Waals surface area contributed by atoms with E-state index in [0.29, 0.717) is 11.0 Å². The summed E-state index contributed by atoms with van der Waals surface area (Å²) < 4.78 is 34.3. The topological polar surface area (TPSA) is 78.4 Å². The van der Waals surface area contributed by atoms with Crippen LogP contribution in [0.2, 0.25) is 0 Å². The van der Waals surface area contributed by atoms with E-state index in [4.69, 9.17) is 0 Å². The van der Waals surface area contributed by atoms with Crippen LogP contribution in [0.4, 0.5) is 5.69 Å². The molecule has 0 bridgehead atoms. The van der Waals surface area contributed by atoms with Crippen molar-refractivity contribution in [1.29, 1.82) is 0 Å². The fourth-order valence-corrected chi connectivity index (χ4v) is 3.59. The molecule has 1 aromatic carbocycles. The molecule has 1 aromatic heterocycles. The Kier molecular flexibility index (Phi) is 4.77. The number of sulfonamides is 1. The van der Waals surface area contributed by atoms with Crippen LogP contribution in [-0.4, -0.2) is 62.8 Å². The van der Waals surface area contributed by atoms with E-state index in [1.807, 2.05) is 19.0 Å². The summed E-state index contributed by atoms with van der Waals surface area (Å²) in [5.41, 5.74) is 1.94. The molecule has 2 rings (SSSR count). The first-order valence-corrected chi connectivity index (χ1v) is 8.60. The van der Waals surface area contributed by atoms with Crippen LogP contribution in [0.3, 0.4) is 0 Å². The minimum Gasteiger partial charge on any atom is -0.371 e. The van der Waals surface area contributed by atoms with Crippen LogP contribution in [0, 0.1) is 0 Å². The van der Waals surface area contributed by atoms with Gasteiger partial charge in [-0.2, -0.15) is 8.75 Å². The van der Waals surface area contributed by atoms with Gasteiger partial charge in [-0.3, -0.25) is 0 Å². The van der Waals surface area contributed by atoms with Crippen molar-refractivity contribution >= 4 is 38.5 Å². The number of fused-ring (bicyclic) bond motifs is 1. The number of anilines is 1. The van der Waals surface area contributed by atoms with Gasteiger partial charge in [-0.05, 0) is 19.2 Å². The fourth-order valence-electron chi connectivity index (χ4n) is 1.94. The van der Waals surface area contributed by atoms with E-state index in [2.05, 4.69) is 14.1 Å². The molecule has 0 spiro atoms. The molecule has 9 heteroatoms. The molecule has 21 heavy (non-hydrogen) atoms. The van der Waals surface area contributed by atoms with E-state index in [-0.39, 0.29) is 4.90 Å². The quantitative estimate of drug-likeness (QED) is 0.836. The number of hydrogen-bond acceptors (Lipinski definition) is 7. The van der Waals surface area contributed by atoms with Crippen LogP contribution in [-0.2, 0) is 10.0 Å². The zero-order valence-corrected chi connectivity index (χ0v) is 14.1. The normalized spacial score (nSPS) is 12.2. The maximum absolute atomic E-state index is 12.3. The Bertz CT molecular complexity index is 726. The van der Waals surface area contributed by atoms with Crippen molar-refractivity contribution in [2.24, 2.45) is 0 Å². The molecule has 1 N–H and O–H groups in total. The summed E-state index contributed by atoms with van der Waals surface area (Å²) in [5.74, 6) is 0. The van der Waals surface area contributed by atoms with E-state index in [0.717, 1.165) is 30.5 Å². The van der Waals surface area contributed by atoms with Gasteiger partial charge < -0.3 is 10.2 Å². The first-order valence-electron chi connectivity index (χ1n) is 6.43. The number of hydrogen-bond donors (Lipinski definition) is 1. The number of likely N-dealkylation sites (N-methyl/N-ethyl adjacent to an activating group) is 2. The van der Waals surface area contributed by atoms with Crippen LogP contribution >= 0.6 is 11.7 Å². The second-order valence-corrected chi connectivity index (χ2v) is 7.51. The highest BCUT2D eigenvalue weighted by molar-refractivity contribution is 7.89. The van der Waals surface area contributed by atoms with E-state index < -0.39 is 10.0 Å². The molecule has 0 fully saturated rings. The summed E-state index contributed by atoms with van der Waals surface area (Å²) in [5, 5.41) is 3.08.